The molecule has 106 valence electrons. The van der Waals surface area contributed by atoms with Gasteiger partial charge in [-0.1, -0.05) is 6.92 Å². The van der Waals surface area contributed by atoms with Crippen LogP contribution in [-0.2, 0) is 4.74 Å². The first kappa shape index (κ1) is 16.0. The Labute approximate surface area is 122 Å². The fourth-order valence-corrected chi connectivity index (χ4v) is 2.51. The van der Waals surface area contributed by atoms with Gasteiger partial charge in [-0.3, -0.25) is 4.79 Å². The fourth-order valence-electron chi connectivity index (χ4n) is 1.84. The number of ketones is 1. The Balaban J connectivity index is 3.19. The van der Waals surface area contributed by atoms with Gasteiger partial charge in [0.05, 0.1) is 19.8 Å². The van der Waals surface area contributed by atoms with E-state index in [1.807, 2.05) is 13.8 Å². The lowest BCUT2D eigenvalue weighted by atomic mass is 10.0. The van der Waals surface area contributed by atoms with E-state index >= 15 is 0 Å². The third-order valence-electron chi connectivity index (χ3n) is 2.78. The average molecular weight is 331 g/mol. The van der Waals surface area contributed by atoms with Gasteiger partial charge >= 0.3 is 0 Å². The Morgan fingerprint density at radius 1 is 1.26 bits per heavy atom. The van der Waals surface area contributed by atoms with Crippen LogP contribution >= 0.6 is 15.9 Å². The zero-order chi connectivity index (χ0) is 14.4. The SMILES string of the molecule is CCOC(CC)C(=O)c1ccc(OC)c(Br)c1OC. The molecule has 5 heteroatoms. The van der Waals surface area contributed by atoms with Gasteiger partial charge in [0.2, 0.25) is 0 Å². The normalized spacial score (nSPS) is 12.1. The maximum Gasteiger partial charge on any atom is 0.195 e. The summed E-state index contributed by atoms with van der Waals surface area (Å²) >= 11 is 3.39. The molecule has 19 heavy (non-hydrogen) atoms. The Morgan fingerprint density at radius 3 is 2.42 bits per heavy atom. The summed E-state index contributed by atoms with van der Waals surface area (Å²) in [6, 6.07) is 3.44. The summed E-state index contributed by atoms with van der Waals surface area (Å²) in [5.74, 6) is 1.02. The van der Waals surface area contributed by atoms with Crippen molar-refractivity contribution < 1.29 is 19.0 Å². The van der Waals surface area contributed by atoms with Gasteiger partial charge < -0.3 is 14.2 Å². The zero-order valence-corrected chi connectivity index (χ0v) is 13.2. The fraction of sp³-hybridized carbons (Fsp3) is 0.500. The van der Waals surface area contributed by atoms with Crippen molar-refractivity contribution in [1.82, 2.24) is 0 Å². The van der Waals surface area contributed by atoms with Crippen LogP contribution in [0.15, 0.2) is 16.6 Å². The molecule has 0 aromatic heterocycles. The van der Waals surface area contributed by atoms with Crippen LogP contribution in [0, 0.1) is 0 Å². The molecule has 1 atom stereocenters. The minimum atomic E-state index is -0.445. The molecule has 0 N–H and O–H groups in total. The molecule has 0 heterocycles. The number of hydrogen-bond donors (Lipinski definition) is 0. The van der Waals surface area contributed by atoms with Crippen molar-refractivity contribution in [2.45, 2.75) is 26.4 Å². The zero-order valence-electron chi connectivity index (χ0n) is 11.7. The van der Waals surface area contributed by atoms with E-state index in [4.69, 9.17) is 14.2 Å². The molecule has 0 aliphatic heterocycles. The predicted octanol–water partition coefficient (Wildman–Crippen LogP) is 3.46. The lowest BCUT2D eigenvalue weighted by Gasteiger charge is -2.17. The molecule has 0 radical (unpaired) electrons. The van der Waals surface area contributed by atoms with Crippen LogP contribution in [0.2, 0.25) is 0 Å². The van der Waals surface area contributed by atoms with E-state index in [0.717, 1.165) is 0 Å². The summed E-state index contributed by atoms with van der Waals surface area (Å²) in [6.45, 7) is 4.30. The second-order valence-corrected chi connectivity index (χ2v) is 4.67. The Bertz CT molecular complexity index is 445. The van der Waals surface area contributed by atoms with E-state index in [0.29, 0.717) is 34.6 Å². The van der Waals surface area contributed by atoms with Crippen molar-refractivity contribution in [2.75, 3.05) is 20.8 Å². The Kier molecular flexibility index (Phi) is 6.31. The largest absolute Gasteiger partial charge is 0.495 e. The summed E-state index contributed by atoms with van der Waals surface area (Å²) in [6.07, 6.45) is 0.179. The van der Waals surface area contributed by atoms with E-state index in [2.05, 4.69) is 15.9 Å². The van der Waals surface area contributed by atoms with Crippen LogP contribution in [0.1, 0.15) is 30.6 Å². The van der Waals surface area contributed by atoms with Crippen molar-refractivity contribution >= 4 is 21.7 Å². The van der Waals surface area contributed by atoms with Gasteiger partial charge in [0.15, 0.2) is 5.78 Å². The lowest BCUT2D eigenvalue weighted by Crippen LogP contribution is -2.24. The maximum absolute atomic E-state index is 12.4. The molecule has 0 aliphatic rings. The minimum Gasteiger partial charge on any atom is -0.495 e. The van der Waals surface area contributed by atoms with Gasteiger partial charge in [0.1, 0.15) is 22.1 Å². The molecule has 0 amide bonds. The molecule has 4 nitrogen and oxygen atoms in total. The number of methoxy groups -OCH3 is 2. The molecule has 1 unspecified atom stereocenters. The van der Waals surface area contributed by atoms with E-state index in [1.165, 1.54) is 7.11 Å². The van der Waals surface area contributed by atoms with Crippen molar-refractivity contribution in [3.05, 3.63) is 22.2 Å². The number of halogens is 1. The third kappa shape index (κ3) is 3.48. The Hall–Kier alpha value is -1.07. The number of hydrogen-bond acceptors (Lipinski definition) is 4. The van der Waals surface area contributed by atoms with Gasteiger partial charge in [0.25, 0.3) is 0 Å². The highest BCUT2D eigenvalue weighted by Gasteiger charge is 2.24. The van der Waals surface area contributed by atoms with Gasteiger partial charge in [-0.15, -0.1) is 0 Å². The first-order valence-electron chi connectivity index (χ1n) is 6.16. The molecule has 0 saturated carbocycles. The molecule has 1 rings (SSSR count). The number of Topliss-reactive ketones (excluding diaryl/α,β-unsaturated/α-hetero) is 1. The van der Waals surface area contributed by atoms with Gasteiger partial charge in [0, 0.05) is 6.61 Å². The van der Waals surface area contributed by atoms with Crippen LogP contribution in [-0.4, -0.2) is 32.7 Å². The van der Waals surface area contributed by atoms with Crippen molar-refractivity contribution in [2.24, 2.45) is 0 Å². The number of carbonyl (C=O) groups is 1. The molecule has 0 fully saturated rings. The third-order valence-corrected chi connectivity index (χ3v) is 3.53. The summed E-state index contributed by atoms with van der Waals surface area (Å²) in [5.41, 5.74) is 0.496. The second-order valence-electron chi connectivity index (χ2n) is 3.88. The highest BCUT2D eigenvalue weighted by molar-refractivity contribution is 9.10. The van der Waals surface area contributed by atoms with Crippen molar-refractivity contribution in [1.29, 1.82) is 0 Å². The van der Waals surface area contributed by atoms with E-state index < -0.39 is 6.10 Å². The second kappa shape index (κ2) is 7.50. The molecular formula is C14H19BrO4. The summed E-state index contributed by atoms with van der Waals surface area (Å²) < 4.78 is 16.6. The van der Waals surface area contributed by atoms with Crippen molar-refractivity contribution in [3.63, 3.8) is 0 Å². The average Bonchev–Trinajstić information content (AvgIpc) is 2.43. The summed E-state index contributed by atoms with van der Waals surface area (Å²) in [5, 5.41) is 0. The minimum absolute atomic E-state index is 0.0791. The summed E-state index contributed by atoms with van der Waals surface area (Å²) in [7, 11) is 3.09. The maximum atomic E-state index is 12.4. The lowest BCUT2D eigenvalue weighted by molar-refractivity contribution is 0.0441. The monoisotopic (exact) mass is 330 g/mol. The van der Waals surface area contributed by atoms with E-state index in [1.54, 1.807) is 19.2 Å². The quantitative estimate of drug-likeness (QED) is 0.718. The smallest absolute Gasteiger partial charge is 0.195 e. The van der Waals surface area contributed by atoms with Crippen LogP contribution in [0.5, 0.6) is 11.5 Å². The van der Waals surface area contributed by atoms with E-state index in [9.17, 15) is 4.79 Å². The first-order valence-corrected chi connectivity index (χ1v) is 6.96. The van der Waals surface area contributed by atoms with Crippen LogP contribution < -0.4 is 9.47 Å². The number of benzene rings is 1. The van der Waals surface area contributed by atoms with E-state index in [-0.39, 0.29) is 5.78 Å². The van der Waals surface area contributed by atoms with Crippen LogP contribution in [0.25, 0.3) is 0 Å². The molecule has 1 aromatic rings. The molecule has 0 bridgehead atoms. The molecular weight excluding hydrogens is 312 g/mol. The van der Waals surface area contributed by atoms with Gasteiger partial charge in [-0.25, -0.2) is 0 Å². The first-order chi connectivity index (χ1) is 9.10. The van der Waals surface area contributed by atoms with Crippen LogP contribution in [0.3, 0.4) is 0 Å². The Morgan fingerprint density at radius 2 is 1.95 bits per heavy atom. The molecule has 0 aliphatic carbocycles. The topological polar surface area (TPSA) is 44.8 Å². The standard InChI is InChI=1S/C14H19BrO4/c1-5-10(19-6-2)13(16)9-7-8-11(17-3)12(15)14(9)18-4/h7-8,10H,5-6H2,1-4H3. The highest BCUT2D eigenvalue weighted by Crippen LogP contribution is 2.37. The number of rotatable bonds is 7. The van der Waals surface area contributed by atoms with Crippen LogP contribution in [0.4, 0.5) is 0 Å². The van der Waals surface area contributed by atoms with Gasteiger partial charge in [-0.2, -0.15) is 0 Å². The highest BCUT2D eigenvalue weighted by atomic mass is 79.9. The molecule has 0 spiro atoms. The van der Waals surface area contributed by atoms with Crippen molar-refractivity contribution in [3.8, 4) is 11.5 Å². The van der Waals surface area contributed by atoms with Gasteiger partial charge in [-0.05, 0) is 41.4 Å². The number of carbonyl (C=O) groups excluding carboxylic acids is 1. The predicted molar refractivity (Wildman–Crippen MR) is 77.3 cm³/mol. The summed E-state index contributed by atoms with van der Waals surface area (Å²) in [4.78, 5) is 12.4. The molecule has 0 saturated heterocycles. The number of ether oxygens (including phenoxy) is 3. The molecule has 1 aromatic carbocycles.